The molecule has 172 valence electrons. The Hall–Kier alpha value is -3.69. The second-order valence-corrected chi connectivity index (χ2v) is 7.95. The number of aromatic nitrogens is 5. The summed E-state index contributed by atoms with van der Waals surface area (Å²) in [6.07, 6.45) is -2.88. The van der Waals surface area contributed by atoms with E-state index in [-0.39, 0.29) is 23.6 Å². The molecule has 0 atom stereocenters. The minimum absolute atomic E-state index is 0.0509. The molecule has 0 bridgehead atoms. The molecule has 0 fully saturated rings. The first kappa shape index (κ1) is 22.5. The fourth-order valence-electron chi connectivity index (χ4n) is 3.50. The Labute approximate surface area is 188 Å². The van der Waals surface area contributed by atoms with Crippen molar-refractivity contribution < 1.29 is 18.0 Å². The average molecular weight is 456 g/mol. The van der Waals surface area contributed by atoms with Crippen molar-refractivity contribution in [3.05, 3.63) is 70.8 Å². The second kappa shape index (κ2) is 8.34. The number of aryl methyl sites for hydroxylation is 3. The van der Waals surface area contributed by atoms with Gasteiger partial charge in [-0.15, -0.1) is 0 Å². The highest BCUT2D eigenvalue weighted by Gasteiger charge is 2.36. The third-order valence-electron chi connectivity index (χ3n) is 5.51. The number of fused-ring (bicyclic) bond motifs is 1. The maximum atomic E-state index is 13.9. The normalized spacial score (nSPS) is 11.8. The number of benzene rings is 1. The molecule has 0 radical (unpaired) electrons. The zero-order valence-corrected chi connectivity index (χ0v) is 18.7. The lowest BCUT2D eigenvalue weighted by molar-refractivity contribution is -0.142. The molecule has 10 heteroatoms. The van der Waals surface area contributed by atoms with E-state index in [4.69, 9.17) is 0 Å². The van der Waals surface area contributed by atoms with Crippen molar-refractivity contribution in [3.63, 3.8) is 0 Å². The van der Waals surface area contributed by atoms with E-state index in [1.165, 1.54) is 11.0 Å². The molecule has 4 rings (SSSR count). The van der Waals surface area contributed by atoms with Gasteiger partial charge < -0.3 is 4.90 Å². The molecule has 7 nitrogen and oxygen atoms in total. The predicted octanol–water partition coefficient (Wildman–Crippen LogP) is 4.52. The zero-order chi connectivity index (χ0) is 23.9. The van der Waals surface area contributed by atoms with Crippen molar-refractivity contribution in [2.24, 2.45) is 0 Å². The van der Waals surface area contributed by atoms with E-state index >= 15 is 0 Å². The summed E-state index contributed by atoms with van der Waals surface area (Å²) >= 11 is 0. The predicted molar refractivity (Wildman–Crippen MR) is 117 cm³/mol. The molecular formula is C23H23F3N6O. The van der Waals surface area contributed by atoms with E-state index in [0.29, 0.717) is 22.3 Å². The number of carbonyl (C=O) groups is 1. The molecule has 3 aromatic heterocycles. The van der Waals surface area contributed by atoms with E-state index < -0.39 is 17.8 Å². The molecule has 0 aliphatic carbocycles. The average Bonchev–Trinajstić information content (AvgIpc) is 3.40. The Kier molecular flexibility index (Phi) is 5.69. The van der Waals surface area contributed by atoms with Crippen LogP contribution >= 0.6 is 0 Å². The molecule has 3 heterocycles. The van der Waals surface area contributed by atoms with Gasteiger partial charge in [0.05, 0.1) is 17.9 Å². The lowest BCUT2D eigenvalue weighted by Crippen LogP contribution is -2.27. The number of hydrogen-bond donors (Lipinski definition) is 0. The molecule has 0 aliphatic rings. The minimum atomic E-state index is -4.68. The van der Waals surface area contributed by atoms with Crippen LogP contribution in [0.5, 0.6) is 0 Å². The number of carbonyl (C=O) groups excluding carboxylic acids is 1. The topological polar surface area (TPSA) is 68.3 Å². The highest BCUT2D eigenvalue weighted by atomic mass is 19.4. The van der Waals surface area contributed by atoms with Gasteiger partial charge in [0, 0.05) is 31.4 Å². The van der Waals surface area contributed by atoms with E-state index in [0.717, 1.165) is 17.2 Å². The Morgan fingerprint density at radius 2 is 1.82 bits per heavy atom. The molecule has 0 saturated heterocycles. The smallest absolute Gasteiger partial charge is 0.334 e. The molecule has 33 heavy (non-hydrogen) atoms. The van der Waals surface area contributed by atoms with Gasteiger partial charge in [-0.05, 0) is 50.1 Å². The van der Waals surface area contributed by atoms with Gasteiger partial charge in [-0.1, -0.05) is 12.1 Å². The van der Waals surface area contributed by atoms with Gasteiger partial charge in [0.2, 0.25) is 0 Å². The third-order valence-corrected chi connectivity index (χ3v) is 5.51. The fourth-order valence-corrected chi connectivity index (χ4v) is 3.50. The van der Waals surface area contributed by atoms with Crippen LogP contribution in [0.4, 0.5) is 13.2 Å². The molecular weight excluding hydrogens is 433 g/mol. The number of nitrogens with zero attached hydrogens (tertiary/aromatic N) is 6. The minimum Gasteiger partial charge on any atom is -0.334 e. The van der Waals surface area contributed by atoms with Crippen LogP contribution in [-0.2, 0) is 19.3 Å². The Morgan fingerprint density at radius 1 is 1.06 bits per heavy atom. The summed E-state index contributed by atoms with van der Waals surface area (Å²) in [4.78, 5) is 18.6. The highest BCUT2D eigenvalue weighted by molar-refractivity contribution is 5.93. The first-order valence-corrected chi connectivity index (χ1v) is 10.4. The first-order valence-electron chi connectivity index (χ1n) is 10.4. The van der Waals surface area contributed by atoms with E-state index in [2.05, 4.69) is 15.2 Å². The quantitative estimate of drug-likeness (QED) is 0.443. The SMILES string of the molecule is CCn1ccc(CN(C)C(=O)c2cc3nc(-c4ccc(C)c(C)c4)cc(C(F)(F)F)n3n2)n1. The van der Waals surface area contributed by atoms with Gasteiger partial charge >= 0.3 is 6.18 Å². The van der Waals surface area contributed by atoms with Gasteiger partial charge in [-0.2, -0.15) is 23.4 Å². The maximum absolute atomic E-state index is 13.9. The van der Waals surface area contributed by atoms with Gasteiger partial charge in [-0.3, -0.25) is 9.48 Å². The van der Waals surface area contributed by atoms with E-state index in [9.17, 15) is 18.0 Å². The first-order chi connectivity index (χ1) is 15.6. The van der Waals surface area contributed by atoms with Crippen molar-refractivity contribution in [2.75, 3.05) is 7.05 Å². The molecule has 1 aromatic carbocycles. The maximum Gasteiger partial charge on any atom is 0.433 e. The third kappa shape index (κ3) is 4.46. The van der Waals surface area contributed by atoms with Crippen molar-refractivity contribution in [1.29, 1.82) is 0 Å². The van der Waals surface area contributed by atoms with Gasteiger partial charge in [0.15, 0.2) is 17.0 Å². The van der Waals surface area contributed by atoms with Crippen LogP contribution in [-0.4, -0.2) is 42.2 Å². The van der Waals surface area contributed by atoms with Crippen LogP contribution in [0.1, 0.15) is 39.9 Å². The molecule has 1 amide bonds. The fraction of sp³-hybridized carbons (Fsp3) is 0.304. The zero-order valence-electron chi connectivity index (χ0n) is 18.7. The van der Waals surface area contributed by atoms with Crippen LogP contribution in [0, 0.1) is 13.8 Å². The summed E-state index contributed by atoms with van der Waals surface area (Å²) in [6, 6.07) is 9.38. The van der Waals surface area contributed by atoms with Crippen LogP contribution in [0.25, 0.3) is 16.9 Å². The van der Waals surface area contributed by atoms with E-state index in [1.807, 2.05) is 26.8 Å². The number of alkyl halides is 3. The van der Waals surface area contributed by atoms with Crippen molar-refractivity contribution >= 4 is 11.6 Å². The van der Waals surface area contributed by atoms with Crippen LogP contribution in [0.3, 0.4) is 0 Å². The van der Waals surface area contributed by atoms with Crippen molar-refractivity contribution in [3.8, 4) is 11.3 Å². The summed E-state index contributed by atoms with van der Waals surface area (Å²) in [7, 11) is 1.55. The summed E-state index contributed by atoms with van der Waals surface area (Å²) in [5.74, 6) is -0.521. The highest BCUT2D eigenvalue weighted by Crippen LogP contribution is 2.32. The standard InChI is InChI=1S/C23H23F3N6O/c1-5-31-9-8-17(28-31)13-30(4)22(33)19-12-21-27-18(16-7-6-14(2)15(3)10-16)11-20(23(24,25)26)32(21)29-19/h6-12H,5,13H2,1-4H3. The number of amides is 1. The molecule has 0 unspecified atom stereocenters. The van der Waals surface area contributed by atoms with Crippen molar-refractivity contribution in [2.45, 2.75) is 40.0 Å². The van der Waals surface area contributed by atoms with Gasteiger partial charge in [0.1, 0.15) is 0 Å². The van der Waals surface area contributed by atoms with E-state index in [1.54, 1.807) is 36.1 Å². The molecule has 0 spiro atoms. The van der Waals surface area contributed by atoms with Crippen LogP contribution in [0.2, 0.25) is 0 Å². The summed E-state index contributed by atoms with van der Waals surface area (Å²) in [5.41, 5.74) is 2.19. The van der Waals surface area contributed by atoms with Crippen LogP contribution < -0.4 is 0 Å². The molecule has 0 aliphatic heterocycles. The van der Waals surface area contributed by atoms with Crippen molar-refractivity contribution in [1.82, 2.24) is 29.3 Å². The summed E-state index contributed by atoms with van der Waals surface area (Å²) < 4.78 is 44.0. The summed E-state index contributed by atoms with van der Waals surface area (Å²) in [6.45, 7) is 6.65. The number of rotatable bonds is 5. The number of halogens is 3. The largest absolute Gasteiger partial charge is 0.433 e. The Bertz CT molecular complexity index is 1340. The number of hydrogen-bond acceptors (Lipinski definition) is 4. The monoisotopic (exact) mass is 456 g/mol. The Morgan fingerprint density at radius 3 is 2.45 bits per heavy atom. The van der Waals surface area contributed by atoms with Crippen LogP contribution in [0.15, 0.2) is 42.6 Å². The second-order valence-electron chi connectivity index (χ2n) is 7.95. The Balaban J connectivity index is 1.73. The van der Waals surface area contributed by atoms with Gasteiger partial charge in [-0.25, -0.2) is 9.50 Å². The lowest BCUT2D eigenvalue weighted by atomic mass is 10.0. The lowest BCUT2D eigenvalue weighted by Gasteiger charge is -2.14. The molecule has 0 saturated carbocycles. The van der Waals surface area contributed by atoms with Gasteiger partial charge in [0.25, 0.3) is 5.91 Å². The summed E-state index contributed by atoms with van der Waals surface area (Å²) in [5, 5.41) is 8.28. The molecule has 4 aromatic rings. The molecule has 0 N–H and O–H groups in total.